The molecule has 1 unspecified atom stereocenters. The molecule has 1 aliphatic rings. The lowest BCUT2D eigenvalue weighted by Gasteiger charge is -2.16. The Morgan fingerprint density at radius 1 is 1.47 bits per heavy atom. The first-order valence-corrected chi connectivity index (χ1v) is 6.63. The van der Waals surface area contributed by atoms with Gasteiger partial charge in [-0.15, -0.1) is 0 Å². The van der Waals surface area contributed by atoms with E-state index in [1.54, 1.807) is 18.2 Å². The van der Waals surface area contributed by atoms with Gasteiger partial charge in [0.1, 0.15) is 0 Å². The summed E-state index contributed by atoms with van der Waals surface area (Å²) in [5, 5.41) is 12.6. The molecule has 2 rings (SSSR count). The van der Waals surface area contributed by atoms with E-state index in [0.717, 1.165) is 18.4 Å². The smallest absolute Gasteiger partial charge is 0.305 e. The molecule has 0 aliphatic heterocycles. The number of carboxylic acids is 1. The average Bonchev–Trinajstić information content (AvgIpc) is 3.14. The van der Waals surface area contributed by atoms with Crippen LogP contribution in [-0.4, -0.2) is 28.9 Å². The first kappa shape index (κ1) is 14.0. The van der Waals surface area contributed by atoms with Crippen molar-refractivity contribution in [3.63, 3.8) is 0 Å². The summed E-state index contributed by atoms with van der Waals surface area (Å²) in [6, 6.07) is 4.63. The minimum atomic E-state index is -0.975. The number of nitrogens with one attached hydrogen (secondary N) is 1. The zero-order valence-corrected chi connectivity index (χ0v) is 11.4. The van der Waals surface area contributed by atoms with Crippen LogP contribution in [-0.2, 0) is 4.79 Å². The lowest BCUT2D eigenvalue weighted by Crippen LogP contribution is -2.40. The predicted molar refractivity (Wildman–Crippen MR) is 72.7 cm³/mol. The van der Waals surface area contributed by atoms with E-state index in [4.69, 9.17) is 16.7 Å². The number of Topliss-reactive ketones (excluding diaryl/α,β-unsaturated/α-hetero) is 1. The second kappa shape index (κ2) is 5.72. The molecule has 2 N–H and O–H groups in total. The maximum Gasteiger partial charge on any atom is 0.305 e. The van der Waals surface area contributed by atoms with Gasteiger partial charge in [0.2, 0.25) is 0 Å². The first-order valence-electron chi connectivity index (χ1n) is 6.25. The second-order valence-corrected chi connectivity index (χ2v) is 5.33. The van der Waals surface area contributed by atoms with E-state index in [-0.39, 0.29) is 18.2 Å². The Bertz CT molecular complexity index is 511. The highest BCUT2D eigenvalue weighted by atomic mass is 35.5. The Balaban J connectivity index is 2.16. The third kappa shape index (κ3) is 3.78. The van der Waals surface area contributed by atoms with Gasteiger partial charge in [-0.3, -0.25) is 9.59 Å². The molecule has 102 valence electrons. The van der Waals surface area contributed by atoms with Crippen LogP contribution in [0.3, 0.4) is 0 Å². The number of aryl methyl sites for hydroxylation is 1. The summed E-state index contributed by atoms with van der Waals surface area (Å²) < 4.78 is 0. The van der Waals surface area contributed by atoms with Crippen molar-refractivity contribution in [1.29, 1.82) is 0 Å². The first-order chi connectivity index (χ1) is 8.97. The quantitative estimate of drug-likeness (QED) is 0.786. The molecule has 4 nitrogen and oxygen atoms in total. The van der Waals surface area contributed by atoms with Crippen molar-refractivity contribution in [3.8, 4) is 0 Å². The molecule has 5 heteroatoms. The Labute approximate surface area is 116 Å². The molecule has 1 fully saturated rings. The van der Waals surface area contributed by atoms with Crippen molar-refractivity contribution in [2.45, 2.75) is 38.3 Å². The molecule has 1 aromatic rings. The minimum Gasteiger partial charge on any atom is -0.481 e. The Morgan fingerprint density at radius 2 is 2.16 bits per heavy atom. The fraction of sp³-hybridized carbons (Fsp3) is 0.429. The number of aliphatic carboxylic acids is 1. The third-order valence-electron chi connectivity index (χ3n) is 3.15. The normalized spacial score (nSPS) is 16.1. The van der Waals surface area contributed by atoms with Crippen LogP contribution in [0.4, 0.5) is 0 Å². The molecular formula is C14H16ClNO3. The zero-order valence-electron chi connectivity index (χ0n) is 10.6. The van der Waals surface area contributed by atoms with Gasteiger partial charge in [0.25, 0.3) is 0 Å². The number of carbonyl (C=O) groups excluding carboxylic acids is 1. The van der Waals surface area contributed by atoms with Crippen LogP contribution in [0.1, 0.15) is 35.2 Å². The maximum atomic E-state index is 12.3. The topological polar surface area (TPSA) is 66.4 Å². The minimum absolute atomic E-state index is 0.186. The number of rotatable bonds is 6. The van der Waals surface area contributed by atoms with E-state index in [1.165, 1.54) is 0 Å². The summed E-state index contributed by atoms with van der Waals surface area (Å²) in [5.41, 5.74) is 1.31. The molecule has 0 aromatic heterocycles. The summed E-state index contributed by atoms with van der Waals surface area (Å²) in [4.78, 5) is 23.2. The summed E-state index contributed by atoms with van der Waals surface area (Å²) in [7, 11) is 0. The number of benzene rings is 1. The fourth-order valence-electron chi connectivity index (χ4n) is 1.94. The van der Waals surface area contributed by atoms with Crippen molar-refractivity contribution in [2.24, 2.45) is 0 Å². The summed E-state index contributed by atoms with van der Waals surface area (Å²) in [5.74, 6) is -1.16. The van der Waals surface area contributed by atoms with Gasteiger partial charge in [-0.25, -0.2) is 0 Å². The van der Waals surface area contributed by atoms with Gasteiger partial charge in [-0.05, 0) is 43.5 Å². The lowest BCUT2D eigenvalue weighted by atomic mass is 10.00. The maximum absolute atomic E-state index is 12.3. The van der Waals surface area contributed by atoms with E-state index >= 15 is 0 Å². The van der Waals surface area contributed by atoms with Crippen LogP contribution in [0.5, 0.6) is 0 Å². The largest absolute Gasteiger partial charge is 0.481 e. The summed E-state index contributed by atoms with van der Waals surface area (Å²) >= 11 is 5.92. The number of ketones is 1. The van der Waals surface area contributed by atoms with Crippen molar-refractivity contribution >= 4 is 23.4 Å². The number of carboxylic acid groups (broad SMARTS) is 1. The molecule has 1 atom stereocenters. The molecule has 19 heavy (non-hydrogen) atoms. The molecule has 0 saturated heterocycles. The monoisotopic (exact) mass is 281 g/mol. The highest BCUT2D eigenvalue weighted by molar-refractivity contribution is 6.31. The molecule has 0 heterocycles. The van der Waals surface area contributed by atoms with Gasteiger partial charge >= 0.3 is 5.97 Å². The Morgan fingerprint density at radius 3 is 2.68 bits per heavy atom. The molecule has 0 amide bonds. The number of hydrogen-bond donors (Lipinski definition) is 2. The van der Waals surface area contributed by atoms with E-state index < -0.39 is 12.0 Å². The second-order valence-electron chi connectivity index (χ2n) is 4.92. The molecule has 1 saturated carbocycles. The van der Waals surface area contributed by atoms with Gasteiger partial charge in [-0.1, -0.05) is 11.6 Å². The van der Waals surface area contributed by atoms with Gasteiger partial charge in [-0.2, -0.15) is 0 Å². The molecular weight excluding hydrogens is 266 g/mol. The Kier molecular flexibility index (Phi) is 4.22. The van der Waals surface area contributed by atoms with Gasteiger partial charge < -0.3 is 10.4 Å². The molecule has 0 spiro atoms. The van der Waals surface area contributed by atoms with Crippen LogP contribution in [0.25, 0.3) is 0 Å². The van der Waals surface area contributed by atoms with Crippen LogP contribution < -0.4 is 5.32 Å². The van der Waals surface area contributed by atoms with Crippen molar-refractivity contribution in [2.75, 3.05) is 0 Å². The van der Waals surface area contributed by atoms with E-state index in [2.05, 4.69) is 5.32 Å². The SMILES string of the molecule is Cc1cc(C(=O)C(CC(=O)O)NC2CC2)ccc1Cl. The standard InChI is InChI=1S/C14H16ClNO3/c1-8-6-9(2-5-11(8)15)14(19)12(7-13(17)18)16-10-3-4-10/h2,5-6,10,12,16H,3-4,7H2,1H3,(H,17,18). The fourth-order valence-corrected chi connectivity index (χ4v) is 2.05. The van der Waals surface area contributed by atoms with Gasteiger partial charge in [0.15, 0.2) is 5.78 Å². The zero-order chi connectivity index (χ0) is 14.0. The molecule has 0 radical (unpaired) electrons. The Hall–Kier alpha value is -1.39. The van der Waals surface area contributed by atoms with Crippen molar-refractivity contribution in [3.05, 3.63) is 34.3 Å². The summed E-state index contributed by atoms with van der Waals surface area (Å²) in [6.07, 6.45) is 1.81. The molecule has 1 aliphatic carbocycles. The van der Waals surface area contributed by atoms with Crippen LogP contribution in [0.15, 0.2) is 18.2 Å². The average molecular weight is 282 g/mol. The third-order valence-corrected chi connectivity index (χ3v) is 3.58. The van der Waals surface area contributed by atoms with Crippen molar-refractivity contribution in [1.82, 2.24) is 5.32 Å². The van der Waals surface area contributed by atoms with Crippen LogP contribution >= 0.6 is 11.6 Å². The van der Waals surface area contributed by atoms with E-state index in [1.807, 2.05) is 6.92 Å². The van der Waals surface area contributed by atoms with E-state index in [9.17, 15) is 9.59 Å². The number of carbonyl (C=O) groups is 2. The highest BCUT2D eigenvalue weighted by Crippen LogP contribution is 2.22. The van der Waals surface area contributed by atoms with Gasteiger partial charge in [0, 0.05) is 16.6 Å². The van der Waals surface area contributed by atoms with Crippen LogP contribution in [0, 0.1) is 6.92 Å². The number of halogens is 1. The molecule has 0 bridgehead atoms. The van der Waals surface area contributed by atoms with E-state index in [0.29, 0.717) is 10.6 Å². The lowest BCUT2D eigenvalue weighted by molar-refractivity contribution is -0.137. The molecule has 1 aromatic carbocycles. The van der Waals surface area contributed by atoms with Gasteiger partial charge in [0.05, 0.1) is 12.5 Å². The predicted octanol–water partition coefficient (Wildman–Crippen LogP) is 2.43. The summed E-state index contributed by atoms with van der Waals surface area (Å²) in [6.45, 7) is 1.82. The van der Waals surface area contributed by atoms with Crippen molar-refractivity contribution < 1.29 is 14.7 Å². The van der Waals surface area contributed by atoms with Crippen LogP contribution in [0.2, 0.25) is 5.02 Å². The highest BCUT2D eigenvalue weighted by Gasteiger charge is 2.30. The number of hydrogen-bond acceptors (Lipinski definition) is 3.